The number of hydrogen-bond acceptors (Lipinski definition) is 2. The zero-order valence-electron chi connectivity index (χ0n) is 12.5. The molecule has 2 N–H and O–H groups in total. The molecule has 1 heterocycles. The monoisotopic (exact) mass is 260 g/mol. The van der Waals surface area contributed by atoms with Crippen LogP contribution in [-0.2, 0) is 0 Å². The third-order valence-electron chi connectivity index (χ3n) is 4.50. The van der Waals surface area contributed by atoms with Crippen LogP contribution in [0.5, 0.6) is 0 Å². The lowest BCUT2D eigenvalue weighted by atomic mass is 9.94. The van der Waals surface area contributed by atoms with Crippen LogP contribution in [0.2, 0.25) is 0 Å². The molecular formula is C17H28N2. The van der Waals surface area contributed by atoms with Crippen molar-refractivity contribution in [3.63, 3.8) is 0 Å². The van der Waals surface area contributed by atoms with Gasteiger partial charge in [-0.3, -0.25) is 4.90 Å². The highest BCUT2D eigenvalue weighted by molar-refractivity contribution is 5.19. The van der Waals surface area contributed by atoms with Crippen LogP contribution in [0.25, 0.3) is 0 Å². The minimum atomic E-state index is 0.148. The lowest BCUT2D eigenvalue weighted by Gasteiger charge is -2.32. The first-order chi connectivity index (χ1) is 9.09. The van der Waals surface area contributed by atoms with E-state index < -0.39 is 0 Å². The minimum absolute atomic E-state index is 0.148. The second-order valence-electron chi connectivity index (χ2n) is 6.36. The molecule has 0 amide bonds. The van der Waals surface area contributed by atoms with Gasteiger partial charge in [0, 0.05) is 18.6 Å². The lowest BCUT2D eigenvalue weighted by Crippen LogP contribution is -2.39. The summed E-state index contributed by atoms with van der Waals surface area (Å²) < 4.78 is 0. The van der Waals surface area contributed by atoms with Gasteiger partial charge in [-0.2, -0.15) is 0 Å². The molecule has 2 heteroatoms. The van der Waals surface area contributed by atoms with Crippen LogP contribution in [0, 0.1) is 11.8 Å². The Morgan fingerprint density at radius 1 is 1.21 bits per heavy atom. The largest absolute Gasteiger partial charge is 0.324 e. The summed E-state index contributed by atoms with van der Waals surface area (Å²) in [5.74, 6) is 1.25. The topological polar surface area (TPSA) is 29.3 Å². The predicted molar refractivity (Wildman–Crippen MR) is 82.0 cm³/mol. The Bertz CT molecular complexity index is 374. The Labute approximate surface area is 118 Å². The Kier molecular flexibility index (Phi) is 5.00. The molecule has 0 spiro atoms. The summed E-state index contributed by atoms with van der Waals surface area (Å²) >= 11 is 0. The maximum atomic E-state index is 6.41. The van der Waals surface area contributed by atoms with Crippen molar-refractivity contribution in [3.8, 4) is 0 Å². The standard InChI is InChI=1S/C17H28N2/c1-13(2)16-10-7-11-19(16)12-14(3)17(18)15-8-5-4-6-9-15/h4-6,8-9,13-14,16-17H,7,10-12,18H2,1-3H3. The molecule has 1 fully saturated rings. The van der Waals surface area contributed by atoms with E-state index in [1.54, 1.807) is 0 Å². The first-order valence-corrected chi connectivity index (χ1v) is 7.64. The van der Waals surface area contributed by atoms with Gasteiger partial charge in [-0.1, -0.05) is 51.1 Å². The Hall–Kier alpha value is -0.860. The van der Waals surface area contributed by atoms with Crippen molar-refractivity contribution in [2.75, 3.05) is 13.1 Å². The SMILES string of the molecule is CC(C)C1CCCN1CC(C)C(N)c1ccccc1. The average molecular weight is 260 g/mol. The molecule has 0 radical (unpaired) electrons. The van der Waals surface area contributed by atoms with Gasteiger partial charge >= 0.3 is 0 Å². The Morgan fingerprint density at radius 3 is 2.53 bits per heavy atom. The molecular weight excluding hydrogens is 232 g/mol. The summed E-state index contributed by atoms with van der Waals surface area (Å²) in [7, 11) is 0. The van der Waals surface area contributed by atoms with Gasteiger partial charge in [0.15, 0.2) is 0 Å². The van der Waals surface area contributed by atoms with Gasteiger partial charge < -0.3 is 5.73 Å². The van der Waals surface area contributed by atoms with Crippen molar-refractivity contribution >= 4 is 0 Å². The van der Waals surface area contributed by atoms with Crippen LogP contribution in [-0.4, -0.2) is 24.0 Å². The molecule has 0 aliphatic carbocycles. The van der Waals surface area contributed by atoms with Gasteiger partial charge in [0.05, 0.1) is 0 Å². The molecule has 0 aromatic heterocycles. The second-order valence-corrected chi connectivity index (χ2v) is 6.36. The van der Waals surface area contributed by atoms with Crippen LogP contribution in [0.1, 0.15) is 45.2 Å². The van der Waals surface area contributed by atoms with E-state index in [1.807, 2.05) is 0 Å². The molecule has 3 unspecified atom stereocenters. The molecule has 1 aliphatic heterocycles. The maximum absolute atomic E-state index is 6.41. The molecule has 1 aromatic rings. The van der Waals surface area contributed by atoms with E-state index in [2.05, 4.69) is 56.0 Å². The molecule has 0 saturated carbocycles. The van der Waals surface area contributed by atoms with E-state index in [1.165, 1.54) is 24.9 Å². The van der Waals surface area contributed by atoms with Gasteiger partial charge in [-0.15, -0.1) is 0 Å². The van der Waals surface area contributed by atoms with E-state index in [9.17, 15) is 0 Å². The zero-order chi connectivity index (χ0) is 13.8. The summed E-state index contributed by atoms with van der Waals surface area (Å²) in [6, 6.07) is 11.4. The van der Waals surface area contributed by atoms with E-state index in [4.69, 9.17) is 5.73 Å². The van der Waals surface area contributed by atoms with E-state index >= 15 is 0 Å². The van der Waals surface area contributed by atoms with Crippen LogP contribution in [0.3, 0.4) is 0 Å². The molecule has 19 heavy (non-hydrogen) atoms. The number of likely N-dealkylation sites (tertiary alicyclic amines) is 1. The maximum Gasteiger partial charge on any atom is 0.0333 e. The van der Waals surface area contributed by atoms with Gasteiger partial charge in [-0.25, -0.2) is 0 Å². The third kappa shape index (κ3) is 3.58. The van der Waals surface area contributed by atoms with E-state index in [-0.39, 0.29) is 6.04 Å². The first kappa shape index (κ1) is 14.5. The van der Waals surface area contributed by atoms with Crippen molar-refractivity contribution in [3.05, 3.63) is 35.9 Å². The molecule has 1 aromatic carbocycles. The van der Waals surface area contributed by atoms with Gasteiger partial charge in [0.2, 0.25) is 0 Å². The van der Waals surface area contributed by atoms with Crippen LogP contribution >= 0.6 is 0 Å². The van der Waals surface area contributed by atoms with Gasteiger partial charge in [-0.05, 0) is 36.8 Å². The predicted octanol–water partition coefficient (Wildman–Crippen LogP) is 3.44. The van der Waals surface area contributed by atoms with Crippen molar-refractivity contribution in [1.29, 1.82) is 0 Å². The minimum Gasteiger partial charge on any atom is -0.324 e. The fraction of sp³-hybridized carbons (Fsp3) is 0.647. The highest BCUT2D eigenvalue weighted by atomic mass is 15.2. The van der Waals surface area contributed by atoms with Crippen LogP contribution in [0.15, 0.2) is 30.3 Å². The normalized spacial score (nSPS) is 23.7. The van der Waals surface area contributed by atoms with Crippen LogP contribution < -0.4 is 5.73 Å². The third-order valence-corrected chi connectivity index (χ3v) is 4.50. The zero-order valence-corrected chi connectivity index (χ0v) is 12.5. The Morgan fingerprint density at radius 2 is 1.89 bits per heavy atom. The summed E-state index contributed by atoms with van der Waals surface area (Å²) in [4.78, 5) is 2.65. The Balaban J connectivity index is 1.95. The van der Waals surface area contributed by atoms with E-state index in [0.717, 1.165) is 18.5 Å². The molecule has 0 bridgehead atoms. The summed E-state index contributed by atoms with van der Waals surface area (Å²) in [5, 5.41) is 0. The summed E-state index contributed by atoms with van der Waals surface area (Å²) in [6.45, 7) is 9.33. The summed E-state index contributed by atoms with van der Waals surface area (Å²) in [5.41, 5.74) is 7.67. The van der Waals surface area contributed by atoms with Crippen LogP contribution in [0.4, 0.5) is 0 Å². The number of hydrogen-bond donors (Lipinski definition) is 1. The van der Waals surface area contributed by atoms with Crippen molar-refractivity contribution < 1.29 is 0 Å². The molecule has 1 aliphatic rings. The number of benzene rings is 1. The van der Waals surface area contributed by atoms with Crippen molar-refractivity contribution in [1.82, 2.24) is 4.90 Å². The molecule has 2 rings (SSSR count). The molecule has 1 saturated heterocycles. The fourth-order valence-corrected chi connectivity index (χ4v) is 3.32. The fourth-order valence-electron chi connectivity index (χ4n) is 3.32. The first-order valence-electron chi connectivity index (χ1n) is 7.64. The van der Waals surface area contributed by atoms with Gasteiger partial charge in [0.1, 0.15) is 0 Å². The smallest absolute Gasteiger partial charge is 0.0333 e. The van der Waals surface area contributed by atoms with Crippen molar-refractivity contribution in [2.24, 2.45) is 17.6 Å². The number of rotatable bonds is 5. The number of nitrogens with zero attached hydrogens (tertiary/aromatic N) is 1. The molecule has 106 valence electrons. The lowest BCUT2D eigenvalue weighted by molar-refractivity contribution is 0.172. The van der Waals surface area contributed by atoms with E-state index in [0.29, 0.717) is 5.92 Å². The number of nitrogens with two attached hydrogens (primary N) is 1. The van der Waals surface area contributed by atoms with Gasteiger partial charge in [0.25, 0.3) is 0 Å². The summed E-state index contributed by atoms with van der Waals surface area (Å²) in [6.07, 6.45) is 2.70. The molecule has 2 nitrogen and oxygen atoms in total. The quantitative estimate of drug-likeness (QED) is 0.878. The second kappa shape index (κ2) is 6.53. The van der Waals surface area contributed by atoms with Crippen molar-refractivity contribution in [2.45, 2.75) is 45.7 Å². The molecule has 3 atom stereocenters. The highest BCUT2D eigenvalue weighted by Crippen LogP contribution is 2.27. The average Bonchev–Trinajstić information content (AvgIpc) is 2.87. The highest BCUT2D eigenvalue weighted by Gasteiger charge is 2.29.